The second-order valence-corrected chi connectivity index (χ2v) is 5.63. The summed E-state index contributed by atoms with van der Waals surface area (Å²) >= 11 is 0. The molecule has 0 spiro atoms. The molecule has 0 bridgehead atoms. The van der Waals surface area contributed by atoms with Crippen LogP contribution in [0.4, 0.5) is 11.5 Å². The molecule has 1 saturated heterocycles. The quantitative estimate of drug-likeness (QED) is 0.661. The standard InChI is InChI=1S/C14H22N4O2/c1-10(2)17(9-12-5-4-6-15-12)14-11(3)7-13(8-16-14)18(19)20/h7-8,10,12,15H,4-6,9H2,1-3H3. The highest BCUT2D eigenvalue weighted by Crippen LogP contribution is 2.24. The first-order valence-electron chi connectivity index (χ1n) is 7.10. The Hall–Kier alpha value is -1.69. The lowest BCUT2D eigenvalue weighted by molar-refractivity contribution is -0.385. The summed E-state index contributed by atoms with van der Waals surface area (Å²) in [6.07, 6.45) is 3.73. The number of anilines is 1. The first-order chi connectivity index (χ1) is 9.49. The Morgan fingerprint density at radius 3 is 2.85 bits per heavy atom. The van der Waals surface area contributed by atoms with Gasteiger partial charge in [-0.1, -0.05) is 0 Å². The third-order valence-electron chi connectivity index (χ3n) is 3.72. The highest BCUT2D eigenvalue weighted by Gasteiger charge is 2.22. The van der Waals surface area contributed by atoms with E-state index < -0.39 is 4.92 Å². The van der Waals surface area contributed by atoms with Crippen LogP contribution in [0.5, 0.6) is 0 Å². The predicted molar refractivity (Wildman–Crippen MR) is 79.1 cm³/mol. The fourth-order valence-electron chi connectivity index (χ4n) is 2.65. The van der Waals surface area contributed by atoms with E-state index in [-0.39, 0.29) is 5.69 Å². The van der Waals surface area contributed by atoms with Crippen LogP contribution in [0.25, 0.3) is 0 Å². The second kappa shape index (κ2) is 6.17. The molecule has 1 aliphatic heterocycles. The van der Waals surface area contributed by atoms with Crippen LogP contribution in [-0.4, -0.2) is 35.1 Å². The van der Waals surface area contributed by atoms with Crippen LogP contribution in [-0.2, 0) is 0 Å². The third kappa shape index (κ3) is 3.25. The molecule has 1 unspecified atom stereocenters. The molecule has 2 rings (SSSR count). The number of hydrogen-bond acceptors (Lipinski definition) is 5. The van der Waals surface area contributed by atoms with Crippen LogP contribution in [0.3, 0.4) is 0 Å². The molecule has 2 heterocycles. The summed E-state index contributed by atoms with van der Waals surface area (Å²) in [6.45, 7) is 8.09. The van der Waals surface area contributed by atoms with Gasteiger partial charge in [0, 0.05) is 24.7 Å². The molecule has 0 aromatic carbocycles. The van der Waals surface area contributed by atoms with Crippen LogP contribution >= 0.6 is 0 Å². The minimum absolute atomic E-state index is 0.0500. The van der Waals surface area contributed by atoms with E-state index in [2.05, 4.69) is 29.0 Å². The Morgan fingerprint density at radius 1 is 1.60 bits per heavy atom. The zero-order chi connectivity index (χ0) is 14.7. The van der Waals surface area contributed by atoms with Crippen LogP contribution in [0.15, 0.2) is 12.3 Å². The Labute approximate surface area is 119 Å². The molecule has 1 fully saturated rings. The van der Waals surface area contributed by atoms with Gasteiger partial charge in [0.15, 0.2) is 0 Å². The van der Waals surface area contributed by atoms with E-state index in [0.29, 0.717) is 12.1 Å². The zero-order valence-electron chi connectivity index (χ0n) is 12.3. The Bertz CT molecular complexity index is 484. The fraction of sp³-hybridized carbons (Fsp3) is 0.643. The SMILES string of the molecule is Cc1cc([N+](=O)[O-])cnc1N(CC1CCCN1)C(C)C. The maximum Gasteiger partial charge on any atom is 0.287 e. The summed E-state index contributed by atoms with van der Waals surface area (Å²) in [7, 11) is 0. The Kier molecular flexibility index (Phi) is 4.54. The van der Waals surface area contributed by atoms with Crippen molar-refractivity contribution in [3.63, 3.8) is 0 Å². The molecule has 0 amide bonds. The van der Waals surface area contributed by atoms with Gasteiger partial charge in [0.1, 0.15) is 12.0 Å². The van der Waals surface area contributed by atoms with Crippen molar-refractivity contribution in [3.05, 3.63) is 27.9 Å². The van der Waals surface area contributed by atoms with Gasteiger partial charge in [-0.3, -0.25) is 10.1 Å². The van der Waals surface area contributed by atoms with E-state index >= 15 is 0 Å². The van der Waals surface area contributed by atoms with Gasteiger partial charge in [0.2, 0.25) is 0 Å². The molecule has 6 heteroatoms. The molecule has 1 aromatic rings. The summed E-state index contributed by atoms with van der Waals surface area (Å²) < 4.78 is 0. The number of nitrogens with one attached hydrogen (secondary N) is 1. The van der Waals surface area contributed by atoms with Crippen molar-refractivity contribution >= 4 is 11.5 Å². The van der Waals surface area contributed by atoms with E-state index in [9.17, 15) is 10.1 Å². The van der Waals surface area contributed by atoms with Gasteiger partial charge in [0.05, 0.1) is 4.92 Å². The van der Waals surface area contributed by atoms with Crippen LogP contribution in [0, 0.1) is 17.0 Å². The number of pyridine rings is 1. The van der Waals surface area contributed by atoms with Crippen LogP contribution in [0.2, 0.25) is 0 Å². The van der Waals surface area contributed by atoms with Gasteiger partial charge in [0.25, 0.3) is 5.69 Å². The Balaban J connectivity index is 2.22. The zero-order valence-corrected chi connectivity index (χ0v) is 12.3. The normalized spacial score (nSPS) is 18.5. The van der Waals surface area contributed by atoms with Crippen molar-refractivity contribution in [3.8, 4) is 0 Å². The van der Waals surface area contributed by atoms with Crippen molar-refractivity contribution in [2.24, 2.45) is 0 Å². The van der Waals surface area contributed by atoms with E-state index in [1.807, 2.05) is 6.92 Å². The lowest BCUT2D eigenvalue weighted by Gasteiger charge is -2.31. The average Bonchev–Trinajstić information content (AvgIpc) is 2.89. The van der Waals surface area contributed by atoms with Crippen molar-refractivity contribution < 1.29 is 4.92 Å². The highest BCUT2D eigenvalue weighted by molar-refractivity contribution is 5.51. The predicted octanol–water partition coefficient (Wildman–Crippen LogP) is 2.27. The smallest absolute Gasteiger partial charge is 0.287 e. The van der Waals surface area contributed by atoms with Gasteiger partial charge in [-0.25, -0.2) is 4.98 Å². The molecule has 6 nitrogen and oxygen atoms in total. The lowest BCUT2D eigenvalue weighted by atomic mass is 10.1. The molecule has 20 heavy (non-hydrogen) atoms. The minimum Gasteiger partial charge on any atom is -0.352 e. The molecular formula is C14H22N4O2. The van der Waals surface area contributed by atoms with Crippen molar-refractivity contribution in [2.45, 2.75) is 45.7 Å². The van der Waals surface area contributed by atoms with Crippen molar-refractivity contribution in [1.82, 2.24) is 10.3 Å². The van der Waals surface area contributed by atoms with Gasteiger partial charge in [-0.05, 0) is 45.7 Å². The first-order valence-corrected chi connectivity index (χ1v) is 7.10. The molecule has 0 radical (unpaired) electrons. The molecule has 0 aliphatic carbocycles. The average molecular weight is 278 g/mol. The van der Waals surface area contributed by atoms with Gasteiger partial charge >= 0.3 is 0 Å². The summed E-state index contributed by atoms with van der Waals surface area (Å²) in [5.41, 5.74) is 0.903. The third-order valence-corrected chi connectivity index (χ3v) is 3.72. The molecule has 110 valence electrons. The molecule has 1 N–H and O–H groups in total. The maximum atomic E-state index is 10.8. The van der Waals surface area contributed by atoms with Crippen LogP contribution < -0.4 is 10.2 Å². The van der Waals surface area contributed by atoms with Gasteiger partial charge in [-0.2, -0.15) is 0 Å². The largest absolute Gasteiger partial charge is 0.352 e. The Morgan fingerprint density at radius 2 is 2.35 bits per heavy atom. The summed E-state index contributed by atoms with van der Waals surface area (Å²) in [4.78, 5) is 16.9. The molecule has 1 aromatic heterocycles. The van der Waals surface area contributed by atoms with Crippen molar-refractivity contribution in [1.29, 1.82) is 0 Å². The van der Waals surface area contributed by atoms with Crippen LogP contribution in [0.1, 0.15) is 32.3 Å². The maximum absolute atomic E-state index is 10.8. The van der Waals surface area contributed by atoms with E-state index in [0.717, 1.165) is 24.5 Å². The fourth-order valence-corrected chi connectivity index (χ4v) is 2.65. The minimum atomic E-state index is -0.401. The number of nitro groups is 1. The van der Waals surface area contributed by atoms with E-state index in [1.165, 1.54) is 19.0 Å². The summed E-state index contributed by atoms with van der Waals surface area (Å²) in [6, 6.07) is 2.39. The van der Waals surface area contributed by atoms with Crippen molar-refractivity contribution in [2.75, 3.05) is 18.0 Å². The number of nitrogens with zero attached hydrogens (tertiary/aromatic N) is 3. The second-order valence-electron chi connectivity index (χ2n) is 5.63. The number of aryl methyl sites for hydroxylation is 1. The number of hydrogen-bond donors (Lipinski definition) is 1. The first kappa shape index (κ1) is 14.7. The van der Waals surface area contributed by atoms with E-state index in [4.69, 9.17) is 0 Å². The van der Waals surface area contributed by atoms with Gasteiger partial charge in [-0.15, -0.1) is 0 Å². The molecule has 1 atom stereocenters. The number of aromatic nitrogens is 1. The summed E-state index contributed by atoms with van der Waals surface area (Å²) in [5.74, 6) is 0.847. The van der Waals surface area contributed by atoms with E-state index in [1.54, 1.807) is 6.07 Å². The molecule has 0 saturated carbocycles. The molecule has 1 aliphatic rings. The highest BCUT2D eigenvalue weighted by atomic mass is 16.6. The van der Waals surface area contributed by atoms with Gasteiger partial charge < -0.3 is 10.2 Å². The molecular weight excluding hydrogens is 256 g/mol. The monoisotopic (exact) mass is 278 g/mol. The summed E-state index contributed by atoms with van der Waals surface area (Å²) in [5, 5.41) is 14.3. The number of rotatable bonds is 5. The lowest BCUT2D eigenvalue weighted by Crippen LogP contribution is -2.42. The topological polar surface area (TPSA) is 71.3 Å².